The van der Waals surface area contributed by atoms with Crippen LogP contribution >= 0.6 is 0 Å². The van der Waals surface area contributed by atoms with Crippen LogP contribution in [0.15, 0.2) is 54.7 Å². The number of H-pyrrole nitrogens is 1. The number of fused-ring (bicyclic) bond motifs is 1. The van der Waals surface area contributed by atoms with E-state index >= 15 is 0 Å². The number of aromatic nitrogens is 1. The van der Waals surface area contributed by atoms with E-state index in [1.54, 1.807) is 0 Å². The Hall–Kier alpha value is -2.13. The smallest absolute Gasteiger partial charge is 0.123 e. The Kier molecular flexibility index (Phi) is 3.52. The molecule has 1 aromatic heterocycles. The molecule has 0 aliphatic rings. The molecule has 0 aliphatic carbocycles. The number of benzene rings is 2. The molecule has 0 fully saturated rings. The van der Waals surface area contributed by atoms with Crippen molar-refractivity contribution in [2.75, 3.05) is 6.54 Å². The van der Waals surface area contributed by atoms with Crippen LogP contribution in [0.4, 0.5) is 4.39 Å². The van der Waals surface area contributed by atoms with E-state index in [9.17, 15) is 4.39 Å². The minimum atomic E-state index is -0.204. The number of hydrogen-bond donors (Lipinski definition) is 2. The average Bonchev–Trinajstić information content (AvgIpc) is 2.91. The second kappa shape index (κ2) is 5.47. The zero-order chi connectivity index (χ0) is 13.9. The van der Waals surface area contributed by atoms with Gasteiger partial charge in [0.15, 0.2) is 0 Å². The standard InChI is InChI=1S/C17H17FN2/c18-14-7-5-12(6-8-14)9-13(10-19)16-11-20-17-4-2-1-3-15(16)17/h1-8,11,13,20H,9-10,19H2. The molecule has 1 atom stereocenters. The van der Waals surface area contributed by atoms with Crippen LogP contribution in [-0.2, 0) is 6.42 Å². The molecule has 1 heterocycles. The first-order chi connectivity index (χ1) is 9.78. The molecule has 102 valence electrons. The Morgan fingerprint density at radius 1 is 1.05 bits per heavy atom. The summed E-state index contributed by atoms with van der Waals surface area (Å²) >= 11 is 0. The van der Waals surface area contributed by atoms with Crippen LogP contribution in [0.5, 0.6) is 0 Å². The summed E-state index contributed by atoms with van der Waals surface area (Å²) in [4.78, 5) is 3.28. The number of nitrogens with two attached hydrogens (primary N) is 1. The Bertz CT molecular complexity index is 700. The number of hydrogen-bond acceptors (Lipinski definition) is 1. The Balaban J connectivity index is 1.91. The highest BCUT2D eigenvalue weighted by Gasteiger charge is 2.15. The van der Waals surface area contributed by atoms with Gasteiger partial charge in [-0.15, -0.1) is 0 Å². The number of nitrogens with one attached hydrogen (secondary N) is 1. The summed E-state index contributed by atoms with van der Waals surface area (Å²) in [5, 5.41) is 1.21. The highest BCUT2D eigenvalue weighted by molar-refractivity contribution is 5.83. The van der Waals surface area contributed by atoms with E-state index < -0.39 is 0 Å². The Labute approximate surface area is 117 Å². The van der Waals surface area contributed by atoms with E-state index in [1.807, 2.05) is 30.5 Å². The van der Waals surface area contributed by atoms with E-state index in [2.05, 4.69) is 17.1 Å². The molecule has 3 heteroatoms. The first kappa shape index (κ1) is 12.9. The van der Waals surface area contributed by atoms with Crippen molar-refractivity contribution in [3.8, 4) is 0 Å². The van der Waals surface area contributed by atoms with Crippen LogP contribution in [0.3, 0.4) is 0 Å². The summed E-state index contributed by atoms with van der Waals surface area (Å²) in [6, 6.07) is 14.9. The molecule has 3 aromatic rings. The third kappa shape index (κ3) is 2.45. The Morgan fingerprint density at radius 2 is 1.80 bits per heavy atom. The molecule has 2 aromatic carbocycles. The molecule has 0 bridgehead atoms. The summed E-state index contributed by atoms with van der Waals surface area (Å²) in [5.74, 6) is 0.0294. The predicted octanol–water partition coefficient (Wildman–Crippen LogP) is 3.59. The first-order valence-electron chi connectivity index (χ1n) is 6.78. The van der Waals surface area contributed by atoms with E-state index in [1.165, 1.54) is 23.1 Å². The molecule has 0 saturated carbocycles. The van der Waals surface area contributed by atoms with Gasteiger partial charge in [-0.2, -0.15) is 0 Å². The van der Waals surface area contributed by atoms with Crippen LogP contribution in [0.25, 0.3) is 10.9 Å². The first-order valence-corrected chi connectivity index (χ1v) is 6.78. The molecular weight excluding hydrogens is 251 g/mol. The topological polar surface area (TPSA) is 41.8 Å². The molecule has 0 amide bonds. The molecule has 20 heavy (non-hydrogen) atoms. The van der Waals surface area contributed by atoms with Gasteiger partial charge in [-0.3, -0.25) is 0 Å². The summed E-state index contributed by atoms with van der Waals surface area (Å²) in [7, 11) is 0. The molecular formula is C17H17FN2. The zero-order valence-electron chi connectivity index (χ0n) is 11.1. The van der Waals surface area contributed by atoms with Gasteiger partial charge < -0.3 is 10.7 Å². The predicted molar refractivity (Wildman–Crippen MR) is 80.2 cm³/mol. The minimum Gasteiger partial charge on any atom is -0.361 e. The van der Waals surface area contributed by atoms with Gasteiger partial charge in [0.25, 0.3) is 0 Å². The number of aromatic amines is 1. The monoisotopic (exact) mass is 268 g/mol. The molecule has 2 nitrogen and oxygen atoms in total. The van der Waals surface area contributed by atoms with Gasteiger partial charge in [-0.25, -0.2) is 4.39 Å². The van der Waals surface area contributed by atoms with Crippen LogP contribution in [0, 0.1) is 5.82 Å². The molecule has 0 saturated heterocycles. The quantitative estimate of drug-likeness (QED) is 0.746. The van der Waals surface area contributed by atoms with Gasteiger partial charge in [-0.1, -0.05) is 30.3 Å². The summed E-state index contributed by atoms with van der Waals surface area (Å²) in [6.45, 7) is 0.569. The van der Waals surface area contributed by atoms with Gasteiger partial charge in [0.1, 0.15) is 5.82 Å². The maximum atomic E-state index is 13.0. The molecule has 3 N–H and O–H groups in total. The molecule has 0 spiro atoms. The van der Waals surface area contributed by atoms with E-state index in [4.69, 9.17) is 5.73 Å². The van der Waals surface area contributed by atoms with Crippen LogP contribution < -0.4 is 5.73 Å². The van der Waals surface area contributed by atoms with Crippen molar-refractivity contribution in [1.82, 2.24) is 4.98 Å². The number of rotatable bonds is 4. The van der Waals surface area contributed by atoms with Gasteiger partial charge in [0, 0.05) is 23.0 Å². The third-order valence-electron chi connectivity index (χ3n) is 3.74. The summed E-state index contributed by atoms with van der Waals surface area (Å²) in [6.07, 6.45) is 2.85. The maximum Gasteiger partial charge on any atom is 0.123 e. The lowest BCUT2D eigenvalue weighted by atomic mass is 9.92. The molecule has 1 unspecified atom stereocenters. The normalized spacial score (nSPS) is 12.7. The fraction of sp³-hybridized carbons (Fsp3) is 0.176. The highest BCUT2D eigenvalue weighted by atomic mass is 19.1. The van der Waals surface area contributed by atoms with Crippen LogP contribution in [-0.4, -0.2) is 11.5 Å². The van der Waals surface area contributed by atoms with Crippen LogP contribution in [0.2, 0.25) is 0 Å². The summed E-state index contributed by atoms with van der Waals surface area (Å²) in [5.41, 5.74) is 9.40. The lowest BCUT2D eigenvalue weighted by Crippen LogP contribution is -2.14. The highest BCUT2D eigenvalue weighted by Crippen LogP contribution is 2.27. The average molecular weight is 268 g/mol. The van der Waals surface area contributed by atoms with Gasteiger partial charge >= 0.3 is 0 Å². The molecule has 0 radical (unpaired) electrons. The third-order valence-corrected chi connectivity index (χ3v) is 3.74. The Morgan fingerprint density at radius 3 is 2.55 bits per heavy atom. The number of para-hydroxylation sites is 1. The van der Waals surface area contributed by atoms with Crippen LogP contribution in [0.1, 0.15) is 17.0 Å². The van der Waals surface area contributed by atoms with Crippen molar-refractivity contribution >= 4 is 10.9 Å². The van der Waals surface area contributed by atoms with E-state index in [0.29, 0.717) is 6.54 Å². The van der Waals surface area contributed by atoms with Crippen molar-refractivity contribution in [1.29, 1.82) is 0 Å². The van der Waals surface area contributed by atoms with E-state index in [0.717, 1.165) is 17.5 Å². The fourth-order valence-corrected chi connectivity index (χ4v) is 2.66. The second-order valence-corrected chi connectivity index (χ2v) is 5.05. The lowest BCUT2D eigenvalue weighted by molar-refractivity contribution is 0.625. The summed E-state index contributed by atoms with van der Waals surface area (Å²) < 4.78 is 13.0. The largest absolute Gasteiger partial charge is 0.361 e. The molecule has 0 aliphatic heterocycles. The van der Waals surface area contributed by atoms with Crippen molar-refractivity contribution in [2.45, 2.75) is 12.3 Å². The second-order valence-electron chi connectivity index (χ2n) is 5.05. The fourth-order valence-electron chi connectivity index (χ4n) is 2.66. The van der Waals surface area contributed by atoms with Crippen molar-refractivity contribution < 1.29 is 4.39 Å². The number of halogens is 1. The van der Waals surface area contributed by atoms with E-state index in [-0.39, 0.29) is 11.7 Å². The van der Waals surface area contributed by atoms with Gasteiger partial charge in [0.05, 0.1) is 0 Å². The van der Waals surface area contributed by atoms with Crippen molar-refractivity contribution in [2.24, 2.45) is 5.73 Å². The molecule has 3 rings (SSSR count). The van der Waals surface area contributed by atoms with Gasteiger partial charge in [0.2, 0.25) is 0 Å². The van der Waals surface area contributed by atoms with Crippen molar-refractivity contribution in [3.05, 3.63) is 71.7 Å². The lowest BCUT2D eigenvalue weighted by Gasteiger charge is -2.14. The zero-order valence-corrected chi connectivity index (χ0v) is 11.1. The van der Waals surface area contributed by atoms with Gasteiger partial charge in [-0.05, 0) is 42.3 Å². The van der Waals surface area contributed by atoms with Crippen molar-refractivity contribution in [3.63, 3.8) is 0 Å². The maximum absolute atomic E-state index is 13.0. The minimum absolute atomic E-state index is 0.204. The SMILES string of the molecule is NCC(Cc1ccc(F)cc1)c1c[nH]c2ccccc12.